The summed E-state index contributed by atoms with van der Waals surface area (Å²) >= 11 is 0. The number of rotatable bonds is 5. The van der Waals surface area contributed by atoms with Crippen molar-refractivity contribution in [2.45, 2.75) is 20.3 Å². The molecule has 0 atom stereocenters. The Morgan fingerprint density at radius 3 is 2.39 bits per heavy atom. The molecule has 0 aliphatic carbocycles. The third-order valence-electron chi connectivity index (χ3n) is 2.40. The summed E-state index contributed by atoms with van der Waals surface area (Å²) in [7, 11) is 3.07. The van der Waals surface area contributed by atoms with Gasteiger partial charge in [0.15, 0.2) is 0 Å². The van der Waals surface area contributed by atoms with Crippen LogP contribution in [0.25, 0.3) is 0 Å². The molecule has 1 amide bonds. The van der Waals surface area contributed by atoms with Crippen molar-refractivity contribution in [3.63, 3.8) is 0 Å². The number of Topliss-reactive ketones (excluding diaryl/α,β-unsaturated/α-hetero) is 1. The summed E-state index contributed by atoms with van der Waals surface area (Å²) in [5.41, 5.74) is 1.37. The number of ether oxygens (including phenoxy) is 2. The molecule has 0 spiro atoms. The van der Waals surface area contributed by atoms with Gasteiger partial charge < -0.3 is 14.8 Å². The molecule has 5 nitrogen and oxygen atoms in total. The van der Waals surface area contributed by atoms with E-state index in [4.69, 9.17) is 9.47 Å². The van der Waals surface area contributed by atoms with E-state index in [1.807, 2.05) is 6.92 Å². The Hall–Kier alpha value is -2.04. The Morgan fingerprint density at radius 1 is 1.22 bits per heavy atom. The molecule has 1 aromatic carbocycles. The zero-order valence-corrected chi connectivity index (χ0v) is 11.0. The number of nitrogens with one attached hydrogen (secondary N) is 1. The third-order valence-corrected chi connectivity index (χ3v) is 2.40. The average Bonchev–Trinajstić information content (AvgIpc) is 2.30. The lowest BCUT2D eigenvalue weighted by molar-refractivity contribution is -0.124. The second-order valence-electron chi connectivity index (χ2n) is 3.95. The topological polar surface area (TPSA) is 64.6 Å². The Morgan fingerprint density at radius 2 is 1.89 bits per heavy atom. The first-order chi connectivity index (χ1) is 8.47. The summed E-state index contributed by atoms with van der Waals surface area (Å²) in [5, 5.41) is 2.67. The number of anilines is 1. The van der Waals surface area contributed by atoms with Gasteiger partial charge in [-0.2, -0.15) is 0 Å². The number of methoxy groups -OCH3 is 2. The van der Waals surface area contributed by atoms with Crippen LogP contribution in [0, 0.1) is 6.92 Å². The number of benzene rings is 1. The predicted octanol–water partition coefficient (Wildman–Crippen LogP) is 1.93. The lowest BCUT2D eigenvalue weighted by atomic mass is 10.1. The maximum absolute atomic E-state index is 11.6. The van der Waals surface area contributed by atoms with E-state index < -0.39 is 0 Å². The second kappa shape index (κ2) is 6.05. The molecule has 0 radical (unpaired) electrons. The van der Waals surface area contributed by atoms with E-state index in [2.05, 4.69) is 5.32 Å². The van der Waals surface area contributed by atoms with Crippen LogP contribution < -0.4 is 14.8 Å². The molecular weight excluding hydrogens is 234 g/mol. The highest BCUT2D eigenvalue weighted by Gasteiger charge is 2.13. The molecule has 0 saturated heterocycles. The van der Waals surface area contributed by atoms with Crippen LogP contribution in [0.15, 0.2) is 12.1 Å². The molecule has 18 heavy (non-hydrogen) atoms. The van der Waals surface area contributed by atoms with E-state index in [9.17, 15) is 9.59 Å². The summed E-state index contributed by atoms with van der Waals surface area (Å²) in [6.07, 6.45) is -0.144. The van der Waals surface area contributed by atoms with Crippen LogP contribution in [0.3, 0.4) is 0 Å². The summed E-state index contributed by atoms with van der Waals surface area (Å²) in [4.78, 5) is 22.5. The number of ketones is 1. The largest absolute Gasteiger partial charge is 0.497 e. The molecule has 0 aliphatic rings. The van der Waals surface area contributed by atoms with Crippen LogP contribution >= 0.6 is 0 Å². The van der Waals surface area contributed by atoms with Gasteiger partial charge in [0.2, 0.25) is 5.91 Å². The van der Waals surface area contributed by atoms with Gasteiger partial charge in [0.05, 0.1) is 26.3 Å². The maximum atomic E-state index is 11.6. The highest BCUT2D eigenvalue weighted by atomic mass is 16.5. The first-order valence-corrected chi connectivity index (χ1v) is 5.49. The minimum atomic E-state index is -0.353. The van der Waals surface area contributed by atoms with E-state index in [1.165, 1.54) is 14.0 Å². The van der Waals surface area contributed by atoms with Gasteiger partial charge in [0.25, 0.3) is 0 Å². The Balaban J connectivity index is 3.00. The molecule has 98 valence electrons. The molecule has 1 rings (SSSR count). The monoisotopic (exact) mass is 251 g/mol. The first kappa shape index (κ1) is 14.0. The van der Waals surface area contributed by atoms with Crippen molar-refractivity contribution in [2.75, 3.05) is 19.5 Å². The summed E-state index contributed by atoms with van der Waals surface area (Å²) in [6, 6.07) is 3.46. The fraction of sp³-hybridized carbons (Fsp3) is 0.385. The molecule has 0 heterocycles. The van der Waals surface area contributed by atoms with E-state index in [0.717, 1.165) is 5.56 Å². The van der Waals surface area contributed by atoms with Gasteiger partial charge in [-0.1, -0.05) is 0 Å². The lowest BCUT2D eigenvalue weighted by Gasteiger charge is -2.14. The smallest absolute Gasteiger partial charge is 0.231 e. The number of amides is 1. The standard InChI is InChI=1S/C13H17NO4/c1-8-5-10(17-3)7-11(18-4)13(8)14-12(16)6-9(2)15/h5,7H,6H2,1-4H3,(H,14,16). The van der Waals surface area contributed by atoms with E-state index in [-0.39, 0.29) is 18.1 Å². The van der Waals surface area contributed by atoms with Crippen LogP contribution in [-0.2, 0) is 9.59 Å². The van der Waals surface area contributed by atoms with Crippen molar-refractivity contribution in [1.82, 2.24) is 0 Å². The van der Waals surface area contributed by atoms with Gasteiger partial charge in [0.1, 0.15) is 17.3 Å². The quantitative estimate of drug-likeness (QED) is 0.812. The zero-order chi connectivity index (χ0) is 13.7. The number of hydrogen-bond acceptors (Lipinski definition) is 4. The Bertz CT molecular complexity index is 468. The zero-order valence-electron chi connectivity index (χ0n) is 11.0. The van der Waals surface area contributed by atoms with Crippen molar-refractivity contribution in [2.24, 2.45) is 0 Å². The van der Waals surface area contributed by atoms with Gasteiger partial charge in [-0.15, -0.1) is 0 Å². The van der Waals surface area contributed by atoms with Crippen LogP contribution in [-0.4, -0.2) is 25.9 Å². The minimum absolute atomic E-state index is 0.144. The molecule has 0 bridgehead atoms. The molecule has 5 heteroatoms. The van der Waals surface area contributed by atoms with Crippen molar-refractivity contribution in [3.05, 3.63) is 17.7 Å². The first-order valence-electron chi connectivity index (χ1n) is 5.49. The van der Waals surface area contributed by atoms with Gasteiger partial charge >= 0.3 is 0 Å². The second-order valence-corrected chi connectivity index (χ2v) is 3.95. The van der Waals surface area contributed by atoms with E-state index in [0.29, 0.717) is 17.2 Å². The van der Waals surface area contributed by atoms with Crippen LogP contribution in [0.2, 0.25) is 0 Å². The van der Waals surface area contributed by atoms with Gasteiger partial charge in [0, 0.05) is 6.07 Å². The van der Waals surface area contributed by atoms with E-state index in [1.54, 1.807) is 19.2 Å². The van der Waals surface area contributed by atoms with Crippen molar-refractivity contribution >= 4 is 17.4 Å². The summed E-state index contributed by atoms with van der Waals surface area (Å²) < 4.78 is 10.3. The SMILES string of the molecule is COc1cc(C)c(NC(=O)CC(C)=O)c(OC)c1. The molecule has 1 N–H and O–H groups in total. The average molecular weight is 251 g/mol. The Labute approximate surface area is 106 Å². The highest BCUT2D eigenvalue weighted by molar-refractivity contribution is 6.04. The van der Waals surface area contributed by atoms with Crippen molar-refractivity contribution in [3.8, 4) is 11.5 Å². The molecule has 1 aromatic rings. The molecule has 0 aromatic heterocycles. The number of aryl methyl sites for hydroxylation is 1. The molecule has 0 unspecified atom stereocenters. The molecular formula is C13H17NO4. The van der Waals surface area contributed by atoms with Gasteiger partial charge in [-0.05, 0) is 25.5 Å². The minimum Gasteiger partial charge on any atom is -0.497 e. The summed E-state index contributed by atoms with van der Waals surface area (Å²) in [6.45, 7) is 3.20. The highest BCUT2D eigenvalue weighted by Crippen LogP contribution is 2.33. The fourth-order valence-electron chi connectivity index (χ4n) is 1.57. The van der Waals surface area contributed by atoms with Gasteiger partial charge in [-0.25, -0.2) is 0 Å². The fourth-order valence-corrected chi connectivity index (χ4v) is 1.57. The van der Waals surface area contributed by atoms with Gasteiger partial charge in [-0.3, -0.25) is 9.59 Å². The molecule has 0 saturated carbocycles. The number of carbonyl (C=O) groups excluding carboxylic acids is 2. The number of hydrogen-bond donors (Lipinski definition) is 1. The van der Waals surface area contributed by atoms with Crippen molar-refractivity contribution < 1.29 is 19.1 Å². The normalized spacial score (nSPS) is 9.78. The van der Waals surface area contributed by atoms with Crippen LogP contribution in [0.5, 0.6) is 11.5 Å². The molecule has 0 aliphatic heterocycles. The maximum Gasteiger partial charge on any atom is 0.231 e. The predicted molar refractivity (Wildman–Crippen MR) is 68.2 cm³/mol. The summed E-state index contributed by atoms with van der Waals surface area (Å²) in [5.74, 6) is 0.615. The van der Waals surface area contributed by atoms with Crippen LogP contribution in [0.1, 0.15) is 18.9 Å². The third kappa shape index (κ3) is 3.48. The van der Waals surface area contributed by atoms with Crippen molar-refractivity contribution in [1.29, 1.82) is 0 Å². The Kier molecular flexibility index (Phi) is 4.71. The molecule has 0 fully saturated rings. The van der Waals surface area contributed by atoms with Crippen LogP contribution in [0.4, 0.5) is 5.69 Å². The number of carbonyl (C=O) groups is 2. The van der Waals surface area contributed by atoms with E-state index >= 15 is 0 Å². The lowest BCUT2D eigenvalue weighted by Crippen LogP contribution is -2.16.